The molecular weight excluding hydrogens is 453 g/mol. The Morgan fingerprint density at radius 1 is 1.16 bits per heavy atom. The lowest BCUT2D eigenvalue weighted by atomic mass is 10.1. The Hall–Kier alpha value is -1.06. The number of carbonyl (C=O) groups excluding carboxylic acids is 1. The SMILES string of the molecule is CCNC(=NCC(=O)N(C)C)NCC(c1ccc(Cl)cc1)N(C)C.I. The van der Waals surface area contributed by atoms with E-state index in [1.165, 1.54) is 4.90 Å². The maximum Gasteiger partial charge on any atom is 0.243 e. The van der Waals surface area contributed by atoms with Gasteiger partial charge in [0.1, 0.15) is 6.54 Å². The molecule has 1 aromatic rings. The largest absolute Gasteiger partial charge is 0.357 e. The lowest BCUT2D eigenvalue weighted by Gasteiger charge is -2.26. The molecule has 8 heteroatoms. The van der Waals surface area contributed by atoms with Gasteiger partial charge in [-0.25, -0.2) is 4.99 Å². The fourth-order valence-corrected chi connectivity index (χ4v) is 2.23. The van der Waals surface area contributed by atoms with E-state index in [0.29, 0.717) is 12.5 Å². The fourth-order valence-electron chi connectivity index (χ4n) is 2.11. The number of nitrogens with zero attached hydrogens (tertiary/aromatic N) is 3. The molecule has 0 spiro atoms. The van der Waals surface area contributed by atoms with Crippen molar-refractivity contribution in [2.75, 3.05) is 47.8 Å². The van der Waals surface area contributed by atoms with Crippen LogP contribution in [0.5, 0.6) is 0 Å². The van der Waals surface area contributed by atoms with E-state index in [0.717, 1.165) is 17.1 Å². The summed E-state index contributed by atoms with van der Waals surface area (Å²) in [5, 5.41) is 7.19. The van der Waals surface area contributed by atoms with Gasteiger partial charge in [0.2, 0.25) is 5.91 Å². The molecule has 2 N–H and O–H groups in total. The molecule has 0 bridgehead atoms. The molecule has 0 aliphatic heterocycles. The van der Waals surface area contributed by atoms with E-state index < -0.39 is 0 Å². The Morgan fingerprint density at radius 3 is 2.24 bits per heavy atom. The minimum Gasteiger partial charge on any atom is -0.357 e. The number of aliphatic imine (C=N–C) groups is 1. The molecule has 0 fully saturated rings. The third kappa shape index (κ3) is 8.73. The van der Waals surface area contributed by atoms with Crippen LogP contribution >= 0.6 is 35.6 Å². The van der Waals surface area contributed by atoms with Crippen LogP contribution in [-0.2, 0) is 4.79 Å². The van der Waals surface area contributed by atoms with Crippen molar-refractivity contribution in [1.82, 2.24) is 20.4 Å². The summed E-state index contributed by atoms with van der Waals surface area (Å²) in [4.78, 5) is 19.7. The van der Waals surface area contributed by atoms with Crippen molar-refractivity contribution in [2.24, 2.45) is 4.99 Å². The van der Waals surface area contributed by atoms with Crippen LogP contribution in [0.1, 0.15) is 18.5 Å². The predicted octanol–water partition coefficient (Wildman–Crippen LogP) is 2.20. The third-order valence-electron chi connectivity index (χ3n) is 3.56. The van der Waals surface area contributed by atoms with Crippen LogP contribution in [0.15, 0.2) is 29.3 Å². The van der Waals surface area contributed by atoms with E-state index in [1.807, 2.05) is 45.3 Å². The molecule has 0 aliphatic carbocycles. The van der Waals surface area contributed by atoms with Gasteiger partial charge in [0.15, 0.2) is 5.96 Å². The van der Waals surface area contributed by atoms with Crippen LogP contribution in [0.25, 0.3) is 0 Å². The maximum atomic E-state index is 11.7. The molecule has 1 rings (SSSR count). The van der Waals surface area contributed by atoms with E-state index in [4.69, 9.17) is 11.6 Å². The van der Waals surface area contributed by atoms with Gasteiger partial charge in [-0.3, -0.25) is 4.79 Å². The van der Waals surface area contributed by atoms with Crippen LogP contribution in [0, 0.1) is 0 Å². The molecule has 0 radical (unpaired) electrons. The first-order valence-corrected chi connectivity index (χ1v) is 8.37. The summed E-state index contributed by atoms with van der Waals surface area (Å²) in [6.45, 7) is 3.51. The van der Waals surface area contributed by atoms with E-state index in [-0.39, 0.29) is 42.5 Å². The molecule has 25 heavy (non-hydrogen) atoms. The quantitative estimate of drug-likeness (QED) is 0.356. The first kappa shape index (κ1) is 23.9. The Labute approximate surface area is 173 Å². The number of halogens is 2. The average Bonchev–Trinajstić information content (AvgIpc) is 2.53. The zero-order valence-corrected chi connectivity index (χ0v) is 18.6. The van der Waals surface area contributed by atoms with Crippen molar-refractivity contribution in [2.45, 2.75) is 13.0 Å². The van der Waals surface area contributed by atoms with E-state index in [2.05, 4.69) is 20.5 Å². The zero-order chi connectivity index (χ0) is 18.1. The van der Waals surface area contributed by atoms with Crippen molar-refractivity contribution < 1.29 is 4.79 Å². The molecule has 0 saturated carbocycles. The second-order valence-electron chi connectivity index (χ2n) is 5.90. The topological polar surface area (TPSA) is 60.0 Å². The number of hydrogen-bond donors (Lipinski definition) is 2. The van der Waals surface area contributed by atoms with Gasteiger partial charge in [0.25, 0.3) is 0 Å². The number of carbonyl (C=O) groups is 1. The number of likely N-dealkylation sites (N-methyl/N-ethyl adjacent to an activating group) is 2. The molecular formula is C17H29ClIN5O. The van der Waals surface area contributed by atoms with Gasteiger partial charge in [0, 0.05) is 32.2 Å². The summed E-state index contributed by atoms with van der Waals surface area (Å²) < 4.78 is 0. The summed E-state index contributed by atoms with van der Waals surface area (Å²) in [7, 11) is 7.50. The lowest BCUT2D eigenvalue weighted by Crippen LogP contribution is -2.42. The van der Waals surface area contributed by atoms with Gasteiger partial charge in [-0.15, -0.1) is 24.0 Å². The summed E-state index contributed by atoms with van der Waals surface area (Å²) in [6, 6.07) is 7.99. The van der Waals surface area contributed by atoms with Crippen molar-refractivity contribution in [3.8, 4) is 0 Å². The van der Waals surface area contributed by atoms with E-state index >= 15 is 0 Å². The highest BCUT2D eigenvalue weighted by Crippen LogP contribution is 2.19. The molecule has 1 aromatic carbocycles. The van der Waals surface area contributed by atoms with Crippen LogP contribution < -0.4 is 10.6 Å². The number of nitrogens with one attached hydrogen (secondary N) is 2. The summed E-state index contributed by atoms with van der Waals surface area (Å²) in [5.74, 6) is 0.600. The normalized spacial score (nSPS) is 12.4. The van der Waals surface area contributed by atoms with Crippen molar-refractivity contribution >= 4 is 47.4 Å². The fraction of sp³-hybridized carbons (Fsp3) is 0.529. The van der Waals surface area contributed by atoms with E-state index in [1.54, 1.807) is 14.1 Å². The first-order valence-electron chi connectivity index (χ1n) is 7.99. The van der Waals surface area contributed by atoms with Crippen molar-refractivity contribution in [3.05, 3.63) is 34.9 Å². The molecule has 1 unspecified atom stereocenters. The molecule has 0 aliphatic rings. The van der Waals surface area contributed by atoms with Gasteiger partial charge in [-0.05, 0) is 38.7 Å². The second-order valence-corrected chi connectivity index (χ2v) is 6.33. The molecule has 1 atom stereocenters. The standard InChI is InChI=1S/C17H28ClN5O.HI/c1-6-19-17(21-12-16(24)23(4)5)20-11-15(22(2)3)13-7-9-14(18)10-8-13;/h7-10,15H,6,11-12H2,1-5H3,(H2,19,20,21);1H. The highest BCUT2D eigenvalue weighted by Gasteiger charge is 2.15. The predicted molar refractivity (Wildman–Crippen MR) is 116 cm³/mol. The Bertz CT molecular complexity index is 548. The highest BCUT2D eigenvalue weighted by atomic mass is 127. The molecule has 0 aromatic heterocycles. The van der Waals surface area contributed by atoms with Gasteiger partial charge in [0.05, 0.1) is 6.04 Å². The maximum absolute atomic E-state index is 11.7. The average molecular weight is 482 g/mol. The summed E-state index contributed by atoms with van der Waals surface area (Å²) in [6.07, 6.45) is 0. The number of rotatable bonds is 7. The Kier molecular flexibility index (Phi) is 11.8. The third-order valence-corrected chi connectivity index (χ3v) is 3.81. The minimum atomic E-state index is -0.0333. The zero-order valence-electron chi connectivity index (χ0n) is 15.5. The lowest BCUT2D eigenvalue weighted by molar-refractivity contribution is -0.127. The molecule has 1 amide bonds. The van der Waals surface area contributed by atoms with Crippen molar-refractivity contribution in [1.29, 1.82) is 0 Å². The van der Waals surface area contributed by atoms with Crippen LogP contribution in [0.3, 0.4) is 0 Å². The first-order chi connectivity index (χ1) is 11.3. The van der Waals surface area contributed by atoms with Crippen LogP contribution in [-0.4, -0.2) is 69.5 Å². The molecule has 6 nitrogen and oxygen atoms in total. The Morgan fingerprint density at radius 2 is 1.76 bits per heavy atom. The highest BCUT2D eigenvalue weighted by molar-refractivity contribution is 14.0. The number of benzene rings is 1. The minimum absolute atomic E-state index is 0. The monoisotopic (exact) mass is 481 g/mol. The molecule has 142 valence electrons. The van der Waals surface area contributed by atoms with Gasteiger partial charge in [-0.2, -0.15) is 0 Å². The van der Waals surface area contributed by atoms with Gasteiger partial charge >= 0.3 is 0 Å². The van der Waals surface area contributed by atoms with Gasteiger partial charge in [-0.1, -0.05) is 23.7 Å². The summed E-state index contributed by atoms with van der Waals surface area (Å²) in [5.41, 5.74) is 1.16. The van der Waals surface area contributed by atoms with Crippen LogP contribution in [0.4, 0.5) is 0 Å². The van der Waals surface area contributed by atoms with Crippen molar-refractivity contribution in [3.63, 3.8) is 0 Å². The smallest absolute Gasteiger partial charge is 0.243 e. The molecule has 0 heterocycles. The second kappa shape index (κ2) is 12.3. The Balaban J connectivity index is 0.00000576. The number of hydrogen-bond acceptors (Lipinski definition) is 3. The number of guanidine groups is 1. The van der Waals surface area contributed by atoms with Crippen LogP contribution in [0.2, 0.25) is 5.02 Å². The van der Waals surface area contributed by atoms with E-state index in [9.17, 15) is 4.79 Å². The van der Waals surface area contributed by atoms with Gasteiger partial charge < -0.3 is 20.4 Å². The summed E-state index contributed by atoms with van der Waals surface area (Å²) >= 11 is 5.97. The molecule has 0 saturated heterocycles. The number of amides is 1.